The van der Waals surface area contributed by atoms with E-state index in [4.69, 9.17) is 4.74 Å². The maximum Gasteiger partial charge on any atom is 0.359 e. The van der Waals surface area contributed by atoms with Crippen LogP contribution < -0.4 is 0 Å². The Morgan fingerprint density at radius 3 is 2.53 bits per heavy atom. The van der Waals surface area contributed by atoms with Crippen LogP contribution in [0.25, 0.3) is 11.4 Å². The lowest BCUT2D eigenvalue weighted by atomic mass is 10.2. The van der Waals surface area contributed by atoms with E-state index in [9.17, 15) is 9.18 Å². The van der Waals surface area contributed by atoms with Crippen LogP contribution in [-0.4, -0.2) is 22.0 Å². The van der Waals surface area contributed by atoms with Gasteiger partial charge in [-0.2, -0.15) is 0 Å². The fourth-order valence-corrected chi connectivity index (χ4v) is 1.67. The number of hydrogen-bond donors (Lipinski definition) is 1. The summed E-state index contributed by atoms with van der Waals surface area (Å²) in [4.78, 5) is 19.0. The molecule has 2 aromatic rings. The molecule has 1 heterocycles. The van der Waals surface area contributed by atoms with Crippen molar-refractivity contribution < 1.29 is 13.9 Å². The van der Waals surface area contributed by atoms with Crippen LogP contribution in [0, 0.1) is 12.7 Å². The Hall–Kier alpha value is -2.17. The molecule has 19 heavy (non-hydrogen) atoms. The molecule has 0 aliphatic heterocycles. The summed E-state index contributed by atoms with van der Waals surface area (Å²) in [5, 5.41) is 0. The van der Waals surface area contributed by atoms with Gasteiger partial charge in [0.1, 0.15) is 11.6 Å². The minimum atomic E-state index is -0.461. The number of H-pyrrole nitrogens is 1. The van der Waals surface area contributed by atoms with E-state index in [1.165, 1.54) is 12.1 Å². The molecule has 0 radical (unpaired) electrons. The second kappa shape index (κ2) is 5.22. The molecule has 0 bridgehead atoms. The first-order chi connectivity index (χ1) is 8.97. The van der Waals surface area contributed by atoms with E-state index in [0.29, 0.717) is 17.1 Å². The van der Waals surface area contributed by atoms with Crippen LogP contribution >= 0.6 is 0 Å². The average Bonchev–Trinajstić information content (AvgIpc) is 2.71. The average molecular weight is 262 g/mol. The summed E-state index contributed by atoms with van der Waals surface area (Å²) in [6, 6.07) is 5.90. The smallest absolute Gasteiger partial charge is 0.359 e. The number of aromatic nitrogens is 2. The van der Waals surface area contributed by atoms with Gasteiger partial charge in [0.05, 0.1) is 6.10 Å². The van der Waals surface area contributed by atoms with Crippen LogP contribution in [0.4, 0.5) is 4.39 Å². The molecular formula is C14H15FN2O2. The fraction of sp³-hybridized carbons (Fsp3) is 0.286. The molecule has 2 rings (SSSR count). The number of ether oxygens (including phenoxy) is 1. The number of benzene rings is 1. The molecule has 1 aromatic carbocycles. The van der Waals surface area contributed by atoms with Gasteiger partial charge in [-0.1, -0.05) is 0 Å². The van der Waals surface area contributed by atoms with Gasteiger partial charge in [0.15, 0.2) is 5.69 Å². The first kappa shape index (κ1) is 13.3. The number of aromatic amines is 1. The molecule has 0 aliphatic carbocycles. The zero-order valence-electron chi connectivity index (χ0n) is 11.0. The van der Waals surface area contributed by atoms with Crippen molar-refractivity contribution in [2.45, 2.75) is 26.9 Å². The molecule has 0 amide bonds. The van der Waals surface area contributed by atoms with Crippen LogP contribution in [0.15, 0.2) is 24.3 Å². The SMILES string of the molecule is Cc1[nH]c(-c2ccc(F)cc2)nc1C(=O)OC(C)C. The number of imidazole rings is 1. The Balaban J connectivity index is 2.30. The molecule has 100 valence electrons. The molecule has 0 aliphatic rings. The highest BCUT2D eigenvalue weighted by atomic mass is 19.1. The van der Waals surface area contributed by atoms with E-state index >= 15 is 0 Å². The Morgan fingerprint density at radius 1 is 1.32 bits per heavy atom. The number of halogens is 1. The number of nitrogens with zero attached hydrogens (tertiary/aromatic N) is 1. The zero-order chi connectivity index (χ0) is 14.0. The van der Waals surface area contributed by atoms with Crippen LogP contribution in [0.2, 0.25) is 0 Å². The fourth-order valence-electron chi connectivity index (χ4n) is 1.67. The van der Waals surface area contributed by atoms with Crippen molar-refractivity contribution in [1.29, 1.82) is 0 Å². The summed E-state index contributed by atoms with van der Waals surface area (Å²) >= 11 is 0. The molecule has 0 atom stereocenters. The molecule has 0 fully saturated rings. The number of carbonyl (C=O) groups excluding carboxylic acids is 1. The van der Waals surface area contributed by atoms with Crippen LogP contribution in [-0.2, 0) is 4.74 Å². The minimum Gasteiger partial charge on any atom is -0.458 e. The van der Waals surface area contributed by atoms with Gasteiger partial charge in [0.25, 0.3) is 0 Å². The molecule has 1 aromatic heterocycles. The van der Waals surface area contributed by atoms with E-state index in [1.807, 2.05) is 0 Å². The number of aryl methyl sites for hydroxylation is 1. The van der Waals surface area contributed by atoms with Crippen molar-refractivity contribution in [3.05, 3.63) is 41.5 Å². The van der Waals surface area contributed by atoms with Gasteiger partial charge >= 0.3 is 5.97 Å². The highest BCUT2D eigenvalue weighted by Crippen LogP contribution is 2.19. The van der Waals surface area contributed by atoms with Gasteiger partial charge < -0.3 is 9.72 Å². The molecule has 0 saturated carbocycles. The van der Waals surface area contributed by atoms with Crippen LogP contribution in [0.3, 0.4) is 0 Å². The third-order valence-electron chi connectivity index (χ3n) is 2.54. The van der Waals surface area contributed by atoms with Crippen LogP contribution in [0.1, 0.15) is 30.0 Å². The Kier molecular flexibility index (Phi) is 3.64. The maximum absolute atomic E-state index is 12.9. The zero-order valence-corrected chi connectivity index (χ0v) is 11.0. The summed E-state index contributed by atoms with van der Waals surface area (Å²) in [6.45, 7) is 5.30. The molecule has 0 spiro atoms. The first-order valence-corrected chi connectivity index (χ1v) is 6.01. The summed E-state index contributed by atoms with van der Waals surface area (Å²) < 4.78 is 18.0. The molecule has 0 saturated heterocycles. The minimum absolute atomic E-state index is 0.196. The Labute approximate surface area is 110 Å². The van der Waals surface area contributed by atoms with E-state index in [2.05, 4.69) is 9.97 Å². The topological polar surface area (TPSA) is 55.0 Å². The van der Waals surface area contributed by atoms with Gasteiger partial charge in [-0.25, -0.2) is 14.2 Å². The summed E-state index contributed by atoms with van der Waals surface area (Å²) in [5.74, 6) is -0.253. The number of nitrogens with one attached hydrogen (secondary N) is 1. The molecule has 1 N–H and O–H groups in total. The summed E-state index contributed by atoms with van der Waals surface area (Å²) in [5.41, 5.74) is 1.60. The normalized spacial score (nSPS) is 10.8. The highest BCUT2D eigenvalue weighted by Gasteiger charge is 2.18. The predicted octanol–water partition coefficient (Wildman–Crippen LogP) is 3.09. The van der Waals surface area contributed by atoms with E-state index in [-0.39, 0.29) is 17.6 Å². The summed E-state index contributed by atoms with van der Waals surface area (Å²) in [6.07, 6.45) is -0.196. The standard InChI is InChI=1S/C14H15FN2O2/c1-8(2)19-14(18)12-9(3)16-13(17-12)10-4-6-11(15)7-5-10/h4-8H,1-3H3,(H,16,17). The van der Waals surface area contributed by atoms with Crippen molar-refractivity contribution in [3.8, 4) is 11.4 Å². The predicted molar refractivity (Wildman–Crippen MR) is 69.3 cm³/mol. The third-order valence-corrected chi connectivity index (χ3v) is 2.54. The monoisotopic (exact) mass is 262 g/mol. The Morgan fingerprint density at radius 2 is 1.95 bits per heavy atom. The van der Waals surface area contributed by atoms with Crippen molar-refractivity contribution >= 4 is 5.97 Å². The van der Waals surface area contributed by atoms with Gasteiger partial charge in [0.2, 0.25) is 0 Å². The van der Waals surface area contributed by atoms with Crippen molar-refractivity contribution in [1.82, 2.24) is 9.97 Å². The largest absolute Gasteiger partial charge is 0.458 e. The second-order valence-electron chi connectivity index (χ2n) is 4.52. The summed E-state index contributed by atoms with van der Waals surface area (Å²) in [7, 11) is 0. The van der Waals surface area contributed by atoms with Gasteiger partial charge in [-0.05, 0) is 45.0 Å². The van der Waals surface area contributed by atoms with E-state index < -0.39 is 5.97 Å². The van der Waals surface area contributed by atoms with Gasteiger partial charge in [-0.3, -0.25) is 0 Å². The first-order valence-electron chi connectivity index (χ1n) is 6.01. The van der Waals surface area contributed by atoms with E-state index in [0.717, 1.165) is 0 Å². The van der Waals surface area contributed by atoms with Crippen molar-refractivity contribution in [2.24, 2.45) is 0 Å². The van der Waals surface area contributed by atoms with Crippen molar-refractivity contribution in [2.75, 3.05) is 0 Å². The molecule has 0 unspecified atom stereocenters. The molecule has 5 heteroatoms. The van der Waals surface area contributed by atoms with Crippen LogP contribution in [0.5, 0.6) is 0 Å². The lowest BCUT2D eigenvalue weighted by molar-refractivity contribution is 0.0370. The van der Waals surface area contributed by atoms with Crippen molar-refractivity contribution in [3.63, 3.8) is 0 Å². The lowest BCUT2D eigenvalue weighted by Crippen LogP contribution is -2.13. The Bertz CT molecular complexity index is 588. The number of esters is 1. The van der Waals surface area contributed by atoms with E-state index in [1.54, 1.807) is 32.9 Å². The van der Waals surface area contributed by atoms with Gasteiger partial charge in [0, 0.05) is 11.3 Å². The highest BCUT2D eigenvalue weighted by molar-refractivity contribution is 5.89. The maximum atomic E-state index is 12.9. The molecule has 4 nitrogen and oxygen atoms in total. The number of carbonyl (C=O) groups is 1. The molecular weight excluding hydrogens is 247 g/mol. The van der Waals surface area contributed by atoms with Gasteiger partial charge in [-0.15, -0.1) is 0 Å². The second-order valence-corrected chi connectivity index (χ2v) is 4.52. The lowest BCUT2D eigenvalue weighted by Gasteiger charge is -2.05. The number of hydrogen-bond acceptors (Lipinski definition) is 3. The third kappa shape index (κ3) is 2.99. The number of rotatable bonds is 3. The quantitative estimate of drug-likeness (QED) is 0.865.